The van der Waals surface area contributed by atoms with Gasteiger partial charge in [-0.25, -0.2) is 9.59 Å². The molecule has 25 heavy (non-hydrogen) atoms. The number of aromatic nitrogens is 1. The zero-order valence-corrected chi connectivity index (χ0v) is 14.8. The minimum Gasteiger partial charge on any atom is -0.497 e. The third-order valence-corrected chi connectivity index (χ3v) is 5.23. The topological polar surface area (TPSA) is 83.8 Å². The van der Waals surface area contributed by atoms with Gasteiger partial charge in [-0.15, -0.1) is 0 Å². The molecule has 8 heteroatoms. The van der Waals surface area contributed by atoms with Crippen LogP contribution in [-0.4, -0.2) is 42.0 Å². The molecule has 0 N–H and O–H groups in total. The van der Waals surface area contributed by atoms with Crippen LogP contribution in [0, 0.1) is 0 Å². The summed E-state index contributed by atoms with van der Waals surface area (Å²) in [6.45, 7) is 0. The van der Waals surface area contributed by atoms with E-state index in [0.717, 1.165) is 0 Å². The summed E-state index contributed by atoms with van der Waals surface area (Å²) in [7, 11) is 2.90. The van der Waals surface area contributed by atoms with Crippen molar-refractivity contribution >= 4 is 22.7 Å². The van der Waals surface area contributed by atoms with E-state index < -0.39 is 22.7 Å². The van der Waals surface area contributed by atoms with Crippen LogP contribution in [0.2, 0.25) is 0 Å². The van der Waals surface area contributed by atoms with E-state index in [2.05, 4.69) is 0 Å². The standard InChI is InChI=1S/C17H17NO6S/c1-22-11-6-4-10(5-7-11)15-14(17(20)24-3)13(16(19)23-2)12-8-25(21)9-18(12)15/h4-7H,8-9H2,1-3H3/t25-/m1/s1. The van der Waals surface area contributed by atoms with Crippen LogP contribution in [0.1, 0.15) is 26.4 Å². The molecule has 3 rings (SSSR count). The number of fused-ring (bicyclic) bond motifs is 1. The summed E-state index contributed by atoms with van der Waals surface area (Å²) in [6, 6.07) is 7.05. The zero-order valence-electron chi connectivity index (χ0n) is 14.0. The van der Waals surface area contributed by atoms with E-state index in [0.29, 0.717) is 22.7 Å². The number of benzene rings is 1. The first-order valence-corrected chi connectivity index (χ1v) is 8.92. The molecule has 132 valence electrons. The van der Waals surface area contributed by atoms with Gasteiger partial charge >= 0.3 is 11.9 Å². The van der Waals surface area contributed by atoms with Crippen molar-refractivity contribution < 1.29 is 28.0 Å². The lowest BCUT2D eigenvalue weighted by molar-refractivity contribution is 0.0556. The fourth-order valence-electron chi connectivity index (χ4n) is 2.97. The number of hydrogen-bond acceptors (Lipinski definition) is 6. The number of methoxy groups -OCH3 is 3. The predicted octanol–water partition coefficient (Wildman–Crippen LogP) is 1.96. The molecule has 1 atom stereocenters. The number of carbonyl (C=O) groups excluding carboxylic acids is 2. The van der Waals surface area contributed by atoms with E-state index in [1.807, 2.05) is 0 Å². The highest BCUT2D eigenvalue weighted by atomic mass is 32.2. The van der Waals surface area contributed by atoms with Gasteiger partial charge in [0.2, 0.25) is 0 Å². The Balaban J connectivity index is 2.30. The molecule has 0 spiro atoms. The average Bonchev–Trinajstić information content (AvgIpc) is 3.14. The van der Waals surface area contributed by atoms with Crippen molar-refractivity contribution in [2.75, 3.05) is 21.3 Å². The maximum atomic E-state index is 12.4. The minimum absolute atomic E-state index is 0.117. The van der Waals surface area contributed by atoms with E-state index in [1.54, 1.807) is 35.9 Å². The second-order valence-corrected chi connectivity index (χ2v) is 6.82. The van der Waals surface area contributed by atoms with Crippen molar-refractivity contribution in [2.45, 2.75) is 11.6 Å². The van der Waals surface area contributed by atoms with Gasteiger partial charge in [-0.05, 0) is 29.8 Å². The summed E-state index contributed by atoms with van der Waals surface area (Å²) >= 11 is 0. The van der Waals surface area contributed by atoms with Gasteiger partial charge in [-0.2, -0.15) is 0 Å². The molecule has 1 aliphatic heterocycles. The number of hydrogen-bond donors (Lipinski definition) is 0. The second kappa shape index (κ2) is 6.72. The van der Waals surface area contributed by atoms with E-state index >= 15 is 0 Å². The normalized spacial score (nSPS) is 15.6. The largest absolute Gasteiger partial charge is 0.497 e. The maximum absolute atomic E-state index is 12.4. The van der Waals surface area contributed by atoms with Gasteiger partial charge in [-0.1, -0.05) is 0 Å². The first-order valence-electron chi connectivity index (χ1n) is 7.43. The molecule has 0 radical (unpaired) electrons. The Kier molecular flexibility index (Phi) is 4.63. The van der Waals surface area contributed by atoms with Crippen LogP contribution in [0.5, 0.6) is 5.75 Å². The Hall–Kier alpha value is -2.61. The summed E-state index contributed by atoms with van der Waals surface area (Å²) in [6.07, 6.45) is 0. The van der Waals surface area contributed by atoms with Crippen LogP contribution in [0.4, 0.5) is 0 Å². The van der Waals surface area contributed by atoms with Crippen LogP contribution < -0.4 is 4.74 Å². The first-order chi connectivity index (χ1) is 12.0. The Bertz CT molecular complexity index is 868. The van der Waals surface area contributed by atoms with Crippen LogP contribution >= 0.6 is 0 Å². The summed E-state index contributed by atoms with van der Waals surface area (Å²) < 4.78 is 28.7. The molecule has 0 unspecified atom stereocenters. The molecule has 0 bridgehead atoms. The maximum Gasteiger partial charge on any atom is 0.340 e. The molecular formula is C17H17NO6S. The number of carbonyl (C=O) groups is 2. The second-order valence-electron chi connectivity index (χ2n) is 5.40. The molecule has 1 aliphatic rings. The van der Waals surface area contributed by atoms with Crippen molar-refractivity contribution in [2.24, 2.45) is 0 Å². The lowest BCUT2D eigenvalue weighted by atomic mass is 10.0. The van der Waals surface area contributed by atoms with Crippen LogP contribution in [0.15, 0.2) is 24.3 Å². The molecule has 0 saturated carbocycles. The molecular weight excluding hydrogens is 346 g/mol. The Morgan fingerprint density at radius 1 is 1.00 bits per heavy atom. The molecule has 2 aromatic rings. The lowest BCUT2D eigenvalue weighted by Gasteiger charge is -2.10. The number of nitrogens with zero attached hydrogens (tertiary/aromatic N) is 1. The van der Waals surface area contributed by atoms with E-state index in [1.165, 1.54) is 14.2 Å². The van der Waals surface area contributed by atoms with Gasteiger partial charge in [0.1, 0.15) is 11.3 Å². The molecule has 0 saturated heterocycles. The summed E-state index contributed by atoms with van der Waals surface area (Å²) in [5, 5.41) is 0. The minimum atomic E-state index is -1.15. The fourth-order valence-corrected chi connectivity index (χ4v) is 4.24. The summed E-state index contributed by atoms with van der Waals surface area (Å²) in [4.78, 5) is 24.7. The van der Waals surface area contributed by atoms with Crippen LogP contribution in [0.25, 0.3) is 11.3 Å². The summed E-state index contributed by atoms with van der Waals surface area (Å²) in [5.41, 5.74) is 1.96. The number of ether oxygens (including phenoxy) is 3. The van der Waals surface area contributed by atoms with Gasteiger partial charge in [0.15, 0.2) is 0 Å². The number of rotatable bonds is 4. The monoisotopic (exact) mass is 363 g/mol. The fraction of sp³-hybridized carbons (Fsp3) is 0.294. The van der Waals surface area contributed by atoms with Crippen molar-refractivity contribution in [1.82, 2.24) is 4.57 Å². The Morgan fingerprint density at radius 3 is 2.16 bits per heavy atom. The molecule has 7 nitrogen and oxygen atoms in total. The highest BCUT2D eigenvalue weighted by molar-refractivity contribution is 7.83. The quantitative estimate of drug-likeness (QED) is 0.772. The lowest BCUT2D eigenvalue weighted by Crippen LogP contribution is -2.12. The third-order valence-electron chi connectivity index (χ3n) is 4.08. The van der Waals surface area contributed by atoms with Crippen molar-refractivity contribution in [3.8, 4) is 17.0 Å². The molecule has 0 fully saturated rings. The van der Waals surface area contributed by atoms with Gasteiger partial charge in [0.25, 0.3) is 0 Å². The van der Waals surface area contributed by atoms with E-state index in [9.17, 15) is 13.8 Å². The highest BCUT2D eigenvalue weighted by Crippen LogP contribution is 2.37. The van der Waals surface area contributed by atoms with Crippen molar-refractivity contribution in [3.63, 3.8) is 0 Å². The first kappa shape index (κ1) is 17.2. The van der Waals surface area contributed by atoms with Crippen molar-refractivity contribution in [1.29, 1.82) is 0 Å². The summed E-state index contributed by atoms with van der Waals surface area (Å²) in [5.74, 6) is -0.238. The SMILES string of the molecule is COC(=O)c1c(C(=O)OC)c(-c2ccc(OC)cc2)n2c1C[S@@](=O)C2. The molecule has 0 aliphatic carbocycles. The Morgan fingerprint density at radius 2 is 1.60 bits per heavy atom. The molecule has 0 amide bonds. The van der Waals surface area contributed by atoms with Crippen LogP contribution in [0.3, 0.4) is 0 Å². The van der Waals surface area contributed by atoms with Gasteiger partial charge in [0, 0.05) is 16.5 Å². The Labute approximate surface area is 146 Å². The van der Waals surface area contributed by atoms with E-state index in [4.69, 9.17) is 14.2 Å². The molecule has 2 heterocycles. The molecule has 1 aromatic heterocycles. The smallest absolute Gasteiger partial charge is 0.340 e. The predicted molar refractivity (Wildman–Crippen MR) is 90.9 cm³/mol. The highest BCUT2D eigenvalue weighted by Gasteiger charge is 2.36. The van der Waals surface area contributed by atoms with Gasteiger partial charge in [-0.3, -0.25) is 4.21 Å². The van der Waals surface area contributed by atoms with E-state index in [-0.39, 0.29) is 22.8 Å². The zero-order chi connectivity index (χ0) is 18.1. The van der Waals surface area contributed by atoms with Crippen molar-refractivity contribution in [3.05, 3.63) is 41.1 Å². The average molecular weight is 363 g/mol. The van der Waals surface area contributed by atoms with Crippen LogP contribution in [-0.2, 0) is 31.9 Å². The van der Waals surface area contributed by atoms with Gasteiger partial charge in [0.05, 0.1) is 44.2 Å². The van der Waals surface area contributed by atoms with Gasteiger partial charge < -0.3 is 18.8 Å². The third kappa shape index (κ3) is 2.82. The molecule has 1 aromatic carbocycles. The number of esters is 2.